The molecule has 1 N–H and O–H groups in total. The first-order valence-corrected chi connectivity index (χ1v) is 5.33. The van der Waals surface area contributed by atoms with Gasteiger partial charge < -0.3 is 5.32 Å². The standard InChI is InChI=1S/C11H18FN3O/c1-5-13-10(16)8-7-14-15(9(8)6-12)11(2,3)4/h7H,5-6H2,1-4H3,(H,13,16). The Morgan fingerprint density at radius 2 is 2.19 bits per heavy atom. The Kier molecular flexibility index (Phi) is 3.67. The van der Waals surface area contributed by atoms with Crippen molar-refractivity contribution in [1.82, 2.24) is 15.1 Å². The molecule has 1 aromatic rings. The van der Waals surface area contributed by atoms with E-state index in [2.05, 4.69) is 10.4 Å². The lowest BCUT2D eigenvalue weighted by atomic mass is 10.1. The van der Waals surface area contributed by atoms with Crippen LogP contribution in [0.25, 0.3) is 0 Å². The summed E-state index contributed by atoms with van der Waals surface area (Å²) in [4.78, 5) is 11.6. The second-order valence-electron chi connectivity index (χ2n) is 4.58. The summed E-state index contributed by atoms with van der Waals surface area (Å²) in [5.74, 6) is -0.273. The average Bonchev–Trinajstić information content (AvgIpc) is 2.60. The molecule has 0 unspecified atom stereocenters. The topological polar surface area (TPSA) is 46.9 Å². The van der Waals surface area contributed by atoms with Crippen LogP contribution in [0.3, 0.4) is 0 Å². The number of carbonyl (C=O) groups is 1. The van der Waals surface area contributed by atoms with Crippen molar-refractivity contribution in [2.45, 2.75) is 39.9 Å². The molecule has 0 fully saturated rings. The molecule has 0 radical (unpaired) electrons. The smallest absolute Gasteiger partial charge is 0.254 e. The first-order chi connectivity index (χ1) is 7.41. The fourth-order valence-corrected chi connectivity index (χ4v) is 1.53. The fourth-order valence-electron chi connectivity index (χ4n) is 1.53. The summed E-state index contributed by atoms with van der Waals surface area (Å²) in [6, 6.07) is 0. The SMILES string of the molecule is CCNC(=O)c1cnn(C(C)(C)C)c1CF. The van der Waals surface area contributed by atoms with Gasteiger partial charge in [0.15, 0.2) is 0 Å². The average molecular weight is 227 g/mol. The molecule has 0 aliphatic rings. The number of carbonyl (C=O) groups excluding carboxylic acids is 1. The highest BCUT2D eigenvalue weighted by Crippen LogP contribution is 2.19. The van der Waals surface area contributed by atoms with Crippen LogP contribution in [0.1, 0.15) is 43.7 Å². The van der Waals surface area contributed by atoms with Crippen molar-refractivity contribution in [1.29, 1.82) is 0 Å². The van der Waals surface area contributed by atoms with Crippen molar-refractivity contribution in [2.24, 2.45) is 0 Å². The molecule has 90 valence electrons. The third kappa shape index (κ3) is 2.40. The highest BCUT2D eigenvalue weighted by atomic mass is 19.1. The molecule has 0 aliphatic heterocycles. The first kappa shape index (κ1) is 12.7. The molecule has 1 aromatic heterocycles. The van der Waals surface area contributed by atoms with Gasteiger partial charge >= 0.3 is 0 Å². The zero-order valence-electron chi connectivity index (χ0n) is 10.2. The number of halogens is 1. The lowest BCUT2D eigenvalue weighted by Crippen LogP contribution is -2.27. The second kappa shape index (κ2) is 4.63. The van der Waals surface area contributed by atoms with E-state index in [9.17, 15) is 9.18 Å². The summed E-state index contributed by atoms with van der Waals surface area (Å²) in [6.45, 7) is 7.40. The van der Waals surface area contributed by atoms with E-state index in [1.165, 1.54) is 6.20 Å². The van der Waals surface area contributed by atoms with Gasteiger partial charge in [-0.05, 0) is 27.7 Å². The lowest BCUT2D eigenvalue weighted by molar-refractivity contribution is 0.0953. The van der Waals surface area contributed by atoms with E-state index in [1.54, 1.807) is 4.68 Å². The van der Waals surface area contributed by atoms with Crippen molar-refractivity contribution >= 4 is 5.91 Å². The van der Waals surface area contributed by atoms with E-state index in [0.717, 1.165) is 0 Å². The van der Waals surface area contributed by atoms with Crippen molar-refractivity contribution in [3.8, 4) is 0 Å². The number of nitrogens with one attached hydrogen (secondary N) is 1. The van der Waals surface area contributed by atoms with Crippen molar-refractivity contribution in [3.05, 3.63) is 17.5 Å². The zero-order valence-corrected chi connectivity index (χ0v) is 10.2. The van der Waals surface area contributed by atoms with Crippen LogP contribution in [0.5, 0.6) is 0 Å². The number of hydrogen-bond acceptors (Lipinski definition) is 2. The van der Waals surface area contributed by atoms with Gasteiger partial charge in [-0.25, -0.2) is 4.39 Å². The van der Waals surface area contributed by atoms with Crippen LogP contribution in [0.15, 0.2) is 6.20 Å². The van der Waals surface area contributed by atoms with Gasteiger partial charge in [0.2, 0.25) is 0 Å². The Morgan fingerprint density at radius 1 is 1.56 bits per heavy atom. The zero-order chi connectivity index (χ0) is 12.3. The predicted molar refractivity (Wildman–Crippen MR) is 60.0 cm³/mol. The minimum Gasteiger partial charge on any atom is -0.352 e. The molecule has 1 amide bonds. The van der Waals surface area contributed by atoms with E-state index >= 15 is 0 Å². The van der Waals surface area contributed by atoms with Gasteiger partial charge in [0.05, 0.1) is 23.0 Å². The summed E-state index contributed by atoms with van der Waals surface area (Å²) >= 11 is 0. The quantitative estimate of drug-likeness (QED) is 0.856. The molecule has 4 nitrogen and oxygen atoms in total. The largest absolute Gasteiger partial charge is 0.352 e. The van der Waals surface area contributed by atoms with Crippen LogP contribution in [0.4, 0.5) is 4.39 Å². The highest BCUT2D eigenvalue weighted by molar-refractivity contribution is 5.95. The molecule has 0 spiro atoms. The molecule has 1 heterocycles. The monoisotopic (exact) mass is 227 g/mol. The van der Waals surface area contributed by atoms with E-state index < -0.39 is 6.67 Å². The lowest BCUT2D eigenvalue weighted by Gasteiger charge is -2.21. The predicted octanol–water partition coefficient (Wildman–Crippen LogP) is 1.86. The summed E-state index contributed by atoms with van der Waals surface area (Å²) < 4.78 is 14.5. The Morgan fingerprint density at radius 3 is 2.62 bits per heavy atom. The fraction of sp³-hybridized carbons (Fsp3) is 0.636. The van der Waals surface area contributed by atoms with Gasteiger partial charge in [-0.15, -0.1) is 0 Å². The maximum Gasteiger partial charge on any atom is 0.254 e. The highest BCUT2D eigenvalue weighted by Gasteiger charge is 2.23. The van der Waals surface area contributed by atoms with Crippen LogP contribution in [0.2, 0.25) is 0 Å². The van der Waals surface area contributed by atoms with E-state index in [-0.39, 0.29) is 11.4 Å². The number of alkyl halides is 1. The molecular weight excluding hydrogens is 209 g/mol. The summed E-state index contributed by atoms with van der Waals surface area (Å²) in [7, 11) is 0. The van der Waals surface area contributed by atoms with Crippen LogP contribution in [-0.2, 0) is 12.2 Å². The van der Waals surface area contributed by atoms with Crippen molar-refractivity contribution < 1.29 is 9.18 Å². The molecule has 0 aromatic carbocycles. The van der Waals surface area contributed by atoms with Gasteiger partial charge in [-0.3, -0.25) is 9.48 Å². The number of amides is 1. The molecule has 0 atom stereocenters. The molecule has 5 heteroatoms. The minimum atomic E-state index is -0.691. The number of hydrogen-bond donors (Lipinski definition) is 1. The Bertz CT molecular complexity index is 379. The number of rotatable bonds is 3. The molecule has 0 bridgehead atoms. The van der Waals surface area contributed by atoms with E-state index in [0.29, 0.717) is 17.8 Å². The number of aromatic nitrogens is 2. The second-order valence-corrected chi connectivity index (χ2v) is 4.58. The Hall–Kier alpha value is -1.39. The third-order valence-electron chi connectivity index (χ3n) is 2.21. The summed E-state index contributed by atoms with van der Waals surface area (Å²) in [5.41, 5.74) is 0.323. The van der Waals surface area contributed by atoms with Gasteiger partial charge in [-0.2, -0.15) is 5.10 Å². The molecule has 0 saturated carbocycles. The van der Waals surface area contributed by atoms with Crippen LogP contribution in [-0.4, -0.2) is 22.2 Å². The molecule has 16 heavy (non-hydrogen) atoms. The van der Waals surface area contributed by atoms with E-state index in [1.807, 2.05) is 27.7 Å². The number of nitrogens with zero attached hydrogens (tertiary/aromatic N) is 2. The normalized spacial score (nSPS) is 11.6. The van der Waals surface area contributed by atoms with Crippen LogP contribution in [0, 0.1) is 0 Å². The Labute approximate surface area is 94.8 Å². The summed E-state index contributed by atoms with van der Waals surface area (Å²) in [5, 5.41) is 6.72. The van der Waals surface area contributed by atoms with Gasteiger partial charge in [0.25, 0.3) is 5.91 Å². The molecular formula is C11H18FN3O. The molecule has 1 rings (SSSR count). The molecule has 0 aliphatic carbocycles. The maximum absolute atomic E-state index is 13.0. The van der Waals surface area contributed by atoms with E-state index in [4.69, 9.17) is 0 Å². The summed E-state index contributed by atoms with van der Waals surface area (Å²) in [6.07, 6.45) is 1.42. The molecule has 0 saturated heterocycles. The van der Waals surface area contributed by atoms with Crippen LogP contribution < -0.4 is 5.32 Å². The third-order valence-corrected chi connectivity index (χ3v) is 2.21. The van der Waals surface area contributed by atoms with Gasteiger partial charge in [-0.1, -0.05) is 0 Å². The van der Waals surface area contributed by atoms with Crippen molar-refractivity contribution in [3.63, 3.8) is 0 Å². The van der Waals surface area contributed by atoms with Gasteiger partial charge in [0, 0.05) is 6.54 Å². The maximum atomic E-state index is 13.0. The van der Waals surface area contributed by atoms with Crippen LogP contribution >= 0.6 is 0 Å². The van der Waals surface area contributed by atoms with Gasteiger partial charge in [0.1, 0.15) is 6.67 Å². The first-order valence-electron chi connectivity index (χ1n) is 5.33. The minimum absolute atomic E-state index is 0.273. The van der Waals surface area contributed by atoms with Crippen molar-refractivity contribution in [2.75, 3.05) is 6.54 Å². The Balaban J connectivity index is 3.14.